The van der Waals surface area contributed by atoms with Gasteiger partial charge in [0.15, 0.2) is 18.0 Å². The number of aliphatic hydroxyl groups is 4. The molecule has 3 aromatic carbocycles. The third-order valence-corrected chi connectivity index (χ3v) is 9.07. The number of rotatable bonds is 6. The highest BCUT2D eigenvalue weighted by Crippen LogP contribution is 2.45. The number of hydrogen-bond donors (Lipinski definition) is 5. The normalized spacial score (nSPS) is 31.6. The van der Waals surface area contributed by atoms with Crippen molar-refractivity contribution >= 4 is 49.6 Å². The van der Waals surface area contributed by atoms with Gasteiger partial charge in [0.2, 0.25) is 6.29 Å². The Kier molecular flexibility index (Phi) is 7.73. The van der Waals surface area contributed by atoms with E-state index in [1.165, 1.54) is 44.4 Å². The average Bonchev–Trinajstić information content (AvgIpc) is 3.05. The van der Waals surface area contributed by atoms with Crippen LogP contribution in [0, 0.1) is 0 Å². The van der Waals surface area contributed by atoms with E-state index in [0.717, 1.165) is 0 Å². The Morgan fingerprint density at radius 3 is 2.19 bits per heavy atom. The van der Waals surface area contributed by atoms with Crippen molar-refractivity contribution in [2.75, 3.05) is 7.11 Å². The minimum Gasteiger partial charge on any atom is -0.506 e. The van der Waals surface area contributed by atoms with Crippen LogP contribution in [-0.2, 0) is 18.9 Å². The van der Waals surface area contributed by atoms with Crippen molar-refractivity contribution < 1.29 is 58.1 Å². The van der Waals surface area contributed by atoms with E-state index in [1.54, 1.807) is 13.0 Å². The number of hydrogen-bond acceptors (Lipinski definition) is 14. The van der Waals surface area contributed by atoms with Gasteiger partial charge in [0.25, 0.3) is 0 Å². The smallest absolute Gasteiger partial charge is 0.348 e. The highest BCUT2D eigenvalue weighted by atomic mass is 16.8. The van der Waals surface area contributed by atoms with Gasteiger partial charge >= 0.3 is 11.3 Å². The molecule has 4 heterocycles. The van der Waals surface area contributed by atoms with Crippen molar-refractivity contribution in [2.24, 2.45) is 0 Å². The van der Waals surface area contributed by atoms with Crippen LogP contribution >= 0.6 is 0 Å². The molecule has 2 aromatic heterocycles. The van der Waals surface area contributed by atoms with Crippen LogP contribution in [0.5, 0.6) is 11.5 Å². The largest absolute Gasteiger partial charge is 0.506 e. The summed E-state index contributed by atoms with van der Waals surface area (Å²) in [5.41, 5.74) is -1.19. The standard InChI is InChI=1S/C33H32O14/c1-5-13-9-10-16-19-17(13)30(39)46-27-18-14(24(36)21(20(19)27)31(40)44-16)7-6-8-15(18)45-33-29(25(37)22(34)11(2)43-33)47-32-26(38)28(41-4)23(35)12(3)42-32/h5-12,22-23,25-26,28-29,32-38H,1H2,2-4H3/t11?,12?,22-,23-,25?,26?,28?,29?,32+,33-/m0/s1. The molecule has 0 saturated carbocycles. The average molecular weight is 653 g/mol. The first-order valence-electron chi connectivity index (χ1n) is 14.9. The van der Waals surface area contributed by atoms with Gasteiger partial charge < -0.3 is 58.1 Å². The Labute approximate surface area is 264 Å². The number of ether oxygens (including phenoxy) is 5. The van der Waals surface area contributed by atoms with Crippen molar-refractivity contribution in [3.63, 3.8) is 0 Å². The lowest BCUT2D eigenvalue weighted by Crippen LogP contribution is -2.64. The molecule has 47 heavy (non-hydrogen) atoms. The summed E-state index contributed by atoms with van der Waals surface area (Å²) in [5.74, 6) is -0.462. The maximum atomic E-state index is 13.5. The maximum Gasteiger partial charge on any atom is 0.348 e. The van der Waals surface area contributed by atoms with Gasteiger partial charge in [0.1, 0.15) is 53.0 Å². The van der Waals surface area contributed by atoms with Crippen molar-refractivity contribution in [3.8, 4) is 11.5 Å². The predicted octanol–water partition coefficient (Wildman–Crippen LogP) is 1.70. The molecule has 14 heteroatoms. The molecule has 0 radical (unpaired) electrons. The molecule has 6 unspecified atom stereocenters. The monoisotopic (exact) mass is 652 g/mol. The summed E-state index contributed by atoms with van der Waals surface area (Å²) in [5, 5.41) is 55.0. The molecular formula is C33H32O14. The summed E-state index contributed by atoms with van der Waals surface area (Å²) in [6, 6.07) is 7.57. The van der Waals surface area contributed by atoms with Gasteiger partial charge in [-0.2, -0.15) is 0 Å². The number of methoxy groups -OCH3 is 1. The first-order valence-corrected chi connectivity index (χ1v) is 14.9. The molecule has 7 rings (SSSR count). The molecule has 2 aliphatic heterocycles. The summed E-state index contributed by atoms with van der Waals surface area (Å²) in [6.07, 6.45) is -11.6. The van der Waals surface area contributed by atoms with Crippen LogP contribution in [0.4, 0.5) is 0 Å². The molecular weight excluding hydrogens is 620 g/mol. The second-order valence-electron chi connectivity index (χ2n) is 11.8. The van der Waals surface area contributed by atoms with E-state index in [1.807, 2.05) is 0 Å². The van der Waals surface area contributed by atoms with Crippen LogP contribution in [0.15, 0.2) is 55.3 Å². The van der Waals surface area contributed by atoms with E-state index in [9.17, 15) is 35.1 Å². The Bertz CT molecular complexity index is 2120. The number of phenols is 1. The lowest BCUT2D eigenvalue weighted by atomic mass is 9.95. The van der Waals surface area contributed by atoms with Gasteiger partial charge in [0, 0.05) is 23.3 Å². The Morgan fingerprint density at radius 2 is 1.47 bits per heavy atom. The number of phenolic OH excluding ortho intramolecular Hbond substituents is 1. The predicted molar refractivity (Wildman–Crippen MR) is 165 cm³/mol. The molecule has 248 valence electrons. The van der Waals surface area contributed by atoms with Crippen LogP contribution in [0.3, 0.4) is 0 Å². The fraction of sp³-hybridized carbons (Fsp3) is 0.394. The van der Waals surface area contributed by atoms with Crippen molar-refractivity contribution in [3.05, 3.63) is 63.3 Å². The van der Waals surface area contributed by atoms with Gasteiger partial charge in [-0.15, -0.1) is 0 Å². The van der Waals surface area contributed by atoms with E-state index in [2.05, 4.69) is 6.58 Å². The second-order valence-corrected chi connectivity index (χ2v) is 11.8. The van der Waals surface area contributed by atoms with Crippen LogP contribution in [-0.4, -0.2) is 94.1 Å². The number of benzene rings is 3. The molecule has 0 amide bonds. The van der Waals surface area contributed by atoms with E-state index in [-0.39, 0.29) is 49.2 Å². The van der Waals surface area contributed by atoms with Crippen molar-refractivity contribution in [1.29, 1.82) is 0 Å². The van der Waals surface area contributed by atoms with Gasteiger partial charge in [-0.25, -0.2) is 9.59 Å². The van der Waals surface area contributed by atoms with Crippen LogP contribution < -0.4 is 16.0 Å². The van der Waals surface area contributed by atoms with Gasteiger partial charge in [-0.3, -0.25) is 0 Å². The van der Waals surface area contributed by atoms with Crippen molar-refractivity contribution in [2.45, 2.75) is 75.3 Å². The fourth-order valence-corrected chi connectivity index (χ4v) is 6.62. The zero-order valence-electron chi connectivity index (χ0n) is 25.4. The first kappa shape index (κ1) is 31.5. The number of aromatic hydroxyl groups is 1. The number of aliphatic hydroxyl groups excluding tert-OH is 4. The van der Waals surface area contributed by atoms with E-state index < -0.39 is 78.4 Å². The summed E-state index contributed by atoms with van der Waals surface area (Å²) in [4.78, 5) is 26.6. The lowest BCUT2D eigenvalue weighted by molar-refractivity contribution is -0.353. The van der Waals surface area contributed by atoms with Crippen molar-refractivity contribution in [1.82, 2.24) is 0 Å². The third kappa shape index (κ3) is 4.71. The topological polar surface area (TPSA) is 208 Å². The lowest BCUT2D eigenvalue weighted by Gasteiger charge is -2.46. The number of fused-ring (bicyclic) bond motifs is 2. The minimum atomic E-state index is -1.61. The Hall–Kier alpha value is -4.12. The molecule has 10 atom stereocenters. The third-order valence-electron chi connectivity index (χ3n) is 9.07. The van der Waals surface area contributed by atoms with Crippen LogP contribution in [0.2, 0.25) is 0 Å². The first-order chi connectivity index (χ1) is 22.5. The molecule has 5 aromatic rings. The summed E-state index contributed by atoms with van der Waals surface area (Å²) in [7, 11) is 1.30. The molecule has 0 spiro atoms. The highest BCUT2D eigenvalue weighted by Gasteiger charge is 2.50. The SMILES string of the molecule is C=Cc1ccc2oc(=O)c3c(O)c4cccc(O[C@@H]5OC(C)[C@H](O)C(O)C5O[C@H]5OC(C)[C@H](O)C(OC)C5O)c4c4oc(=O)c1c2c34. The Balaban J connectivity index is 1.39. The summed E-state index contributed by atoms with van der Waals surface area (Å²) >= 11 is 0. The quantitative estimate of drug-likeness (QED) is 0.101. The van der Waals surface area contributed by atoms with Crippen LogP contribution in [0.25, 0.3) is 49.6 Å². The summed E-state index contributed by atoms with van der Waals surface area (Å²) in [6.45, 7) is 6.81. The minimum absolute atomic E-state index is 0.00900. The maximum absolute atomic E-state index is 13.5. The fourth-order valence-electron chi connectivity index (χ4n) is 6.62. The highest BCUT2D eigenvalue weighted by molar-refractivity contribution is 6.29. The molecule has 0 bridgehead atoms. The van der Waals surface area contributed by atoms with Crippen LogP contribution in [0.1, 0.15) is 19.4 Å². The molecule has 2 saturated heterocycles. The molecule has 2 fully saturated rings. The summed E-state index contributed by atoms with van der Waals surface area (Å²) < 4.78 is 40.5. The molecule has 5 N–H and O–H groups in total. The van der Waals surface area contributed by atoms with Gasteiger partial charge in [-0.1, -0.05) is 30.9 Å². The Morgan fingerprint density at radius 1 is 0.766 bits per heavy atom. The van der Waals surface area contributed by atoms with Gasteiger partial charge in [0.05, 0.1) is 23.0 Å². The zero-order valence-corrected chi connectivity index (χ0v) is 25.4. The second kappa shape index (κ2) is 11.5. The van der Waals surface area contributed by atoms with E-state index in [0.29, 0.717) is 5.56 Å². The molecule has 2 aliphatic rings. The van der Waals surface area contributed by atoms with E-state index >= 15 is 0 Å². The molecule has 0 aliphatic carbocycles. The van der Waals surface area contributed by atoms with E-state index in [4.69, 9.17) is 32.5 Å². The van der Waals surface area contributed by atoms with Gasteiger partial charge in [-0.05, 0) is 31.5 Å². The molecule has 14 nitrogen and oxygen atoms in total. The zero-order chi connectivity index (χ0) is 33.5.